The van der Waals surface area contributed by atoms with Crippen LogP contribution in [0.2, 0.25) is 0 Å². The molecule has 2 aromatic heterocycles. The van der Waals surface area contributed by atoms with E-state index in [2.05, 4.69) is 15.3 Å². The summed E-state index contributed by atoms with van der Waals surface area (Å²) in [5, 5.41) is 21.3. The van der Waals surface area contributed by atoms with Gasteiger partial charge in [0.05, 0.1) is 11.7 Å². The Hall–Kier alpha value is -3.53. The minimum Gasteiger partial charge on any atom is -0.477 e. The third kappa shape index (κ3) is 3.69. The highest BCUT2D eigenvalue weighted by Gasteiger charge is 2.25. The number of rotatable bonds is 4. The molecular formula is C20H19FN4O5. The molecule has 1 atom stereocenters. The summed E-state index contributed by atoms with van der Waals surface area (Å²) >= 11 is 0. The van der Waals surface area contributed by atoms with Crippen LogP contribution in [0.5, 0.6) is 0 Å². The van der Waals surface area contributed by atoms with Crippen molar-refractivity contribution < 1.29 is 28.6 Å². The zero-order valence-electron chi connectivity index (χ0n) is 16.1. The number of nitrogens with one attached hydrogen (secondary N) is 1. The van der Waals surface area contributed by atoms with Gasteiger partial charge in [-0.1, -0.05) is 6.92 Å². The van der Waals surface area contributed by atoms with Crippen molar-refractivity contribution in [3.63, 3.8) is 0 Å². The van der Waals surface area contributed by atoms with E-state index < -0.39 is 23.9 Å². The maximum Gasteiger partial charge on any atom is 0.354 e. The zero-order valence-corrected chi connectivity index (χ0v) is 16.1. The minimum absolute atomic E-state index is 0.0196. The smallest absolute Gasteiger partial charge is 0.354 e. The van der Waals surface area contributed by atoms with Gasteiger partial charge in [0.15, 0.2) is 5.69 Å². The predicted octanol–water partition coefficient (Wildman–Crippen LogP) is 2.89. The molecule has 3 heterocycles. The molecular weight excluding hydrogens is 395 g/mol. The lowest BCUT2D eigenvalue weighted by Crippen LogP contribution is -2.33. The molecule has 156 valence electrons. The Labute approximate surface area is 170 Å². The van der Waals surface area contributed by atoms with Crippen LogP contribution in [0.25, 0.3) is 22.7 Å². The van der Waals surface area contributed by atoms with Crippen LogP contribution >= 0.6 is 0 Å². The van der Waals surface area contributed by atoms with E-state index in [1.54, 1.807) is 0 Å². The SMILES string of the molecule is CCc1cc(C(=O)O)nc2oc(-c3ccc(NC(=O)N4CCC(O)C4)cc3F)nc12. The average Bonchev–Trinajstić information content (AvgIpc) is 3.33. The van der Waals surface area contributed by atoms with Crippen molar-refractivity contribution in [3.8, 4) is 11.5 Å². The molecule has 1 aliphatic heterocycles. The molecule has 1 unspecified atom stereocenters. The van der Waals surface area contributed by atoms with E-state index >= 15 is 0 Å². The second-order valence-electron chi connectivity index (χ2n) is 7.01. The van der Waals surface area contributed by atoms with E-state index in [1.807, 2.05) is 6.92 Å². The van der Waals surface area contributed by atoms with Crippen LogP contribution < -0.4 is 5.32 Å². The Kier molecular flexibility index (Phi) is 5.08. The maximum absolute atomic E-state index is 14.7. The van der Waals surface area contributed by atoms with Crippen LogP contribution in [0.3, 0.4) is 0 Å². The molecule has 3 N–H and O–H groups in total. The number of amides is 2. The second kappa shape index (κ2) is 7.71. The lowest BCUT2D eigenvalue weighted by Gasteiger charge is -2.16. The number of β-amino-alcohol motifs (C(OH)–C–C–N with tert-alkyl or cyclic N) is 1. The highest BCUT2D eigenvalue weighted by molar-refractivity contribution is 5.90. The Bertz CT molecular complexity index is 1150. The van der Waals surface area contributed by atoms with Crippen molar-refractivity contribution in [2.24, 2.45) is 0 Å². The summed E-state index contributed by atoms with van der Waals surface area (Å²) in [6.07, 6.45) is 0.469. The molecule has 1 aromatic carbocycles. The lowest BCUT2D eigenvalue weighted by molar-refractivity contribution is 0.0690. The number of aromatic carboxylic acids is 1. The molecule has 3 aromatic rings. The lowest BCUT2D eigenvalue weighted by atomic mass is 10.1. The number of aromatic nitrogens is 2. The summed E-state index contributed by atoms with van der Waals surface area (Å²) in [5.41, 5.74) is 1.16. The van der Waals surface area contributed by atoms with Gasteiger partial charge in [-0.05, 0) is 42.7 Å². The molecule has 0 saturated carbocycles. The number of benzene rings is 1. The van der Waals surface area contributed by atoms with Gasteiger partial charge in [0, 0.05) is 18.8 Å². The molecule has 2 amide bonds. The summed E-state index contributed by atoms with van der Waals surface area (Å²) in [6, 6.07) is 5.07. The number of fused-ring (bicyclic) bond motifs is 1. The largest absolute Gasteiger partial charge is 0.477 e. The fourth-order valence-electron chi connectivity index (χ4n) is 3.36. The van der Waals surface area contributed by atoms with Crippen LogP contribution in [-0.4, -0.2) is 56.3 Å². The van der Waals surface area contributed by atoms with E-state index in [0.717, 1.165) is 6.07 Å². The molecule has 1 saturated heterocycles. The first-order chi connectivity index (χ1) is 14.4. The number of anilines is 1. The number of pyridine rings is 1. The number of oxazole rings is 1. The first-order valence-electron chi connectivity index (χ1n) is 9.43. The quantitative estimate of drug-likeness (QED) is 0.599. The first-order valence-corrected chi connectivity index (χ1v) is 9.43. The van der Waals surface area contributed by atoms with Crippen LogP contribution in [0.15, 0.2) is 28.7 Å². The fraction of sp³-hybridized carbons (Fsp3) is 0.300. The van der Waals surface area contributed by atoms with Crippen molar-refractivity contribution in [3.05, 3.63) is 41.3 Å². The Morgan fingerprint density at radius 1 is 1.33 bits per heavy atom. The number of aliphatic hydroxyl groups is 1. The number of carboxylic acid groups (broad SMARTS) is 1. The summed E-state index contributed by atoms with van der Waals surface area (Å²) < 4.78 is 20.3. The van der Waals surface area contributed by atoms with Crippen LogP contribution in [0, 0.1) is 5.82 Å². The Balaban J connectivity index is 1.62. The second-order valence-corrected chi connectivity index (χ2v) is 7.01. The van der Waals surface area contributed by atoms with E-state index in [0.29, 0.717) is 30.5 Å². The number of aliphatic hydroxyl groups excluding tert-OH is 1. The molecule has 1 fully saturated rings. The Morgan fingerprint density at radius 2 is 2.13 bits per heavy atom. The first kappa shape index (κ1) is 19.8. The number of halogens is 1. The van der Waals surface area contributed by atoms with E-state index in [-0.39, 0.29) is 35.1 Å². The summed E-state index contributed by atoms with van der Waals surface area (Å²) in [4.78, 5) is 33.1. The predicted molar refractivity (Wildman–Crippen MR) is 105 cm³/mol. The number of carboxylic acids is 1. The summed E-state index contributed by atoms with van der Waals surface area (Å²) in [7, 11) is 0. The van der Waals surface area contributed by atoms with E-state index in [4.69, 9.17) is 4.42 Å². The number of carbonyl (C=O) groups excluding carboxylic acids is 1. The number of hydrogen-bond donors (Lipinski definition) is 3. The van der Waals surface area contributed by atoms with Crippen molar-refractivity contribution >= 4 is 28.9 Å². The molecule has 4 rings (SSSR count). The summed E-state index contributed by atoms with van der Waals surface area (Å²) in [6.45, 7) is 2.51. The normalized spacial score (nSPS) is 16.2. The third-order valence-electron chi connectivity index (χ3n) is 4.95. The minimum atomic E-state index is -1.19. The third-order valence-corrected chi connectivity index (χ3v) is 4.95. The average molecular weight is 414 g/mol. The van der Waals surface area contributed by atoms with Gasteiger partial charge in [-0.25, -0.2) is 23.9 Å². The Morgan fingerprint density at radius 3 is 2.77 bits per heavy atom. The number of aryl methyl sites for hydroxylation is 1. The van der Waals surface area contributed by atoms with Gasteiger partial charge in [0.25, 0.3) is 0 Å². The van der Waals surface area contributed by atoms with Crippen molar-refractivity contribution in [2.45, 2.75) is 25.9 Å². The van der Waals surface area contributed by atoms with Crippen molar-refractivity contribution in [2.75, 3.05) is 18.4 Å². The van der Waals surface area contributed by atoms with Gasteiger partial charge in [0.1, 0.15) is 11.3 Å². The highest BCUT2D eigenvalue weighted by Crippen LogP contribution is 2.29. The van der Waals surface area contributed by atoms with Gasteiger partial charge in [0.2, 0.25) is 11.6 Å². The van der Waals surface area contributed by atoms with Gasteiger partial charge in [-0.3, -0.25) is 0 Å². The maximum atomic E-state index is 14.7. The molecule has 0 radical (unpaired) electrons. The molecule has 0 spiro atoms. The van der Waals surface area contributed by atoms with E-state index in [9.17, 15) is 24.2 Å². The van der Waals surface area contributed by atoms with Crippen LogP contribution in [0.4, 0.5) is 14.9 Å². The number of likely N-dealkylation sites (tertiary alicyclic amines) is 1. The number of carbonyl (C=O) groups is 2. The van der Waals surface area contributed by atoms with Gasteiger partial charge >= 0.3 is 12.0 Å². The van der Waals surface area contributed by atoms with Crippen LogP contribution in [0.1, 0.15) is 29.4 Å². The van der Waals surface area contributed by atoms with Gasteiger partial charge in [-0.2, -0.15) is 0 Å². The topological polar surface area (TPSA) is 129 Å². The van der Waals surface area contributed by atoms with E-state index in [1.165, 1.54) is 23.1 Å². The van der Waals surface area contributed by atoms with Crippen LogP contribution in [-0.2, 0) is 6.42 Å². The molecule has 1 aliphatic rings. The molecule has 0 bridgehead atoms. The van der Waals surface area contributed by atoms with Crippen molar-refractivity contribution in [1.29, 1.82) is 0 Å². The summed E-state index contributed by atoms with van der Waals surface area (Å²) in [5.74, 6) is -1.90. The van der Waals surface area contributed by atoms with Gasteiger partial charge < -0.3 is 24.8 Å². The number of hydrogen-bond acceptors (Lipinski definition) is 6. The molecule has 0 aliphatic carbocycles. The van der Waals surface area contributed by atoms with Gasteiger partial charge in [-0.15, -0.1) is 0 Å². The molecule has 10 heteroatoms. The highest BCUT2D eigenvalue weighted by atomic mass is 19.1. The van der Waals surface area contributed by atoms with Crippen molar-refractivity contribution in [1.82, 2.24) is 14.9 Å². The number of urea groups is 1. The molecule has 9 nitrogen and oxygen atoms in total. The monoisotopic (exact) mass is 414 g/mol. The zero-order chi connectivity index (χ0) is 21.4. The molecule has 30 heavy (non-hydrogen) atoms. The number of nitrogens with zero attached hydrogens (tertiary/aromatic N) is 3. The fourth-order valence-corrected chi connectivity index (χ4v) is 3.36. The standard InChI is InChI=1S/C20H19FN4O5/c1-2-10-7-15(19(27)28)23-18-16(10)24-17(30-18)13-4-3-11(8-14(13)21)22-20(29)25-6-5-12(26)9-25/h3-4,7-8,12,26H,2,5-6,9H2,1H3,(H,22,29)(H,27,28).